The highest BCUT2D eigenvalue weighted by molar-refractivity contribution is 6.30. The summed E-state index contributed by atoms with van der Waals surface area (Å²) in [5, 5.41) is 12.0. The maximum atomic E-state index is 14.8. The Balaban J connectivity index is 1.51. The SMILES string of the molecule is CCc1nc2c(c(=O)n(Cc3ccc(Cl)cc3)c(=O)n2C(C(=O)O)N2c3c(c(=O)n(Cc4ccc(Cl)cc4)c(=O)n3CC(=O)N3CCC(F)(F)C3)N(C)C2CC)n1C. The molecule has 0 aliphatic carbocycles. The van der Waals surface area contributed by atoms with E-state index in [2.05, 4.69) is 4.98 Å². The second-order valence-electron chi connectivity index (χ2n) is 14.4. The van der Waals surface area contributed by atoms with E-state index < -0.39 is 72.1 Å². The minimum Gasteiger partial charge on any atom is -0.478 e. The third-order valence-corrected chi connectivity index (χ3v) is 11.3. The Bertz CT molecular complexity index is 2710. The lowest BCUT2D eigenvalue weighted by atomic mass is 10.2. The first-order chi connectivity index (χ1) is 27.5. The van der Waals surface area contributed by atoms with Crippen LogP contribution in [0.2, 0.25) is 10.0 Å². The molecule has 2 aliphatic heterocycles. The van der Waals surface area contributed by atoms with E-state index in [1.165, 1.54) is 21.4 Å². The van der Waals surface area contributed by atoms with Crippen molar-refractivity contribution in [2.45, 2.75) is 71.0 Å². The highest BCUT2D eigenvalue weighted by atomic mass is 35.5. The number of carbonyl (C=O) groups is 2. The molecule has 1 N–H and O–H groups in total. The number of aromatic nitrogens is 6. The standard InChI is InChI=1S/C38H39Cl2F2N9O7/c1-5-25-43-30-28(44(25)3)33(53)49(18-22-9-13-24(40)14-10-22)37(58)51(30)32(35(55)56)50-26(6-2)45(4)29-31(50)47(19-27(52)46-16-15-38(41,42)20-46)36(57)48(34(29)54)17-21-7-11-23(39)12-8-21/h7-14,26,32H,5-6,15-20H2,1-4H3,(H,55,56). The third-order valence-electron chi connectivity index (χ3n) is 10.8. The molecular formula is C38H39Cl2F2N9O7. The fourth-order valence-corrected chi connectivity index (χ4v) is 8.14. The number of carboxylic acids is 1. The number of nitrogens with zero attached hydrogens (tertiary/aromatic N) is 9. The van der Waals surface area contributed by atoms with Crippen molar-refractivity contribution in [2.24, 2.45) is 7.05 Å². The highest BCUT2D eigenvalue weighted by Gasteiger charge is 2.48. The number of rotatable bonds is 11. The summed E-state index contributed by atoms with van der Waals surface area (Å²) in [5.74, 6) is -5.63. The number of aliphatic carboxylic acids is 1. The summed E-state index contributed by atoms with van der Waals surface area (Å²) in [6.07, 6.45) is -3.31. The average Bonchev–Trinajstić information content (AvgIpc) is 3.82. The zero-order valence-corrected chi connectivity index (χ0v) is 33.4. The number of hydrogen-bond acceptors (Lipinski definition) is 9. The van der Waals surface area contributed by atoms with Gasteiger partial charge in [0, 0.05) is 43.5 Å². The van der Waals surface area contributed by atoms with Crippen LogP contribution in [0, 0.1) is 0 Å². The Morgan fingerprint density at radius 3 is 1.95 bits per heavy atom. The van der Waals surface area contributed by atoms with E-state index in [0.29, 0.717) is 33.4 Å². The molecule has 5 heterocycles. The van der Waals surface area contributed by atoms with Crippen molar-refractivity contribution in [2.75, 3.05) is 29.9 Å². The Morgan fingerprint density at radius 2 is 1.45 bits per heavy atom. The number of benzene rings is 2. The van der Waals surface area contributed by atoms with Gasteiger partial charge in [-0.15, -0.1) is 0 Å². The van der Waals surface area contributed by atoms with Gasteiger partial charge in [0.2, 0.25) is 12.1 Å². The largest absolute Gasteiger partial charge is 0.478 e. The molecule has 0 spiro atoms. The monoisotopic (exact) mass is 841 g/mol. The van der Waals surface area contributed by atoms with Gasteiger partial charge in [-0.25, -0.2) is 32.7 Å². The van der Waals surface area contributed by atoms with Crippen LogP contribution in [0.25, 0.3) is 11.2 Å². The van der Waals surface area contributed by atoms with E-state index in [1.807, 2.05) is 0 Å². The molecule has 2 unspecified atom stereocenters. The lowest BCUT2D eigenvalue weighted by Crippen LogP contribution is -2.53. The third kappa shape index (κ3) is 6.86. The summed E-state index contributed by atoms with van der Waals surface area (Å²) in [5.41, 5.74) is -3.22. The molecule has 7 rings (SSSR count). The zero-order chi connectivity index (χ0) is 42.0. The topological polar surface area (TPSA) is 170 Å². The number of alkyl halides is 2. The van der Waals surface area contributed by atoms with E-state index >= 15 is 0 Å². The van der Waals surface area contributed by atoms with Crippen LogP contribution in [-0.4, -0.2) is 81.9 Å². The van der Waals surface area contributed by atoms with Gasteiger partial charge in [-0.3, -0.25) is 28.1 Å². The normalized spacial score (nSPS) is 16.7. The molecule has 1 saturated heterocycles. The van der Waals surface area contributed by atoms with Crippen molar-refractivity contribution >= 4 is 57.7 Å². The van der Waals surface area contributed by atoms with Gasteiger partial charge in [-0.1, -0.05) is 61.3 Å². The number of likely N-dealkylation sites (tertiary alicyclic amines) is 1. The summed E-state index contributed by atoms with van der Waals surface area (Å²) < 4.78 is 33.7. The molecule has 58 heavy (non-hydrogen) atoms. The van der Waals surface area contributed by atoms with Gasteiger partial charge < -0.3 is 24.4 Å². The average molecular weight is 843 g/mol. The Hall–Kier alpha value is -5.75. The second-order valence-corrected chi connectivity index (χ2v) is 15.3. The molecule has 0 bridgehead atoms. The van der Waals surface area contributed by atoms with E-state index in [-0.39, 0.29) is 48.7 Å². The van der Waals surface area contributed by atoms with Gasteiger partial charge in [0.1, 0.15) is 30.0 Å². The number of carboxylic acid groups (broad SMARTS) is 1. The van der Waals surface area contributed by atoms with Crippen LogP contribution in [0.4, 0.5) is 20.3 Å². The van der Waals surface area contributed by atoms with Crippen molar-refractivity contribution < 1.29 is 23.5 Å². The minimum atomic E-state index is -3.16. The molecular weight excluding hydrogens is 803 g/mol. The first kappa shape index (κ1) is 40.4. The lowest BCUT2D eigenvalue weighted by Gasteiger charge is -2.35. The summed E-state index contributed by atoms with van der Waals surface area (Å²) in [4.78, 5) is 93.8. The van der Waals surface area contributed by atoms with Gasteiger partial charge in [0.05, 0.1) is 19.6 Å². The van der Waals surface area contributed by atoms with Gasteiger partial charge in [-0.2, -0.15) is 0 Å². The molecule has 16 nitrogen and oxygen atoms in total. The number of anilines is 2. The van der Waals surface area contributed by atoms with Crippen molar-refractivity contribution in [3.8, 4) is 0 Å². The van der Waals surface area contributed by atoms with Gasteiger partial charge in [0.25, 0.3) is 17.0 Å². The molecule has 20 heteroatoms. The van der Waals surface area contributed by atoms with E-state index in [0.717, 1.165) is 23.2 Å². The quantitative estimate of drug-likeness (QED) is 0.208. The predicted octanol–water partition coefficient (Wildman–Crippen LogP) is 3.33. The molecule has 306 valence electrons. The van der Waals surface area contributed by atoms with Crippen LogP contribution in [0.1, 0.15) is 49.8 Å². The van der Waals surface area contributed by atoms with Crippen LogP contribution >= 0.6 is 23.2 Å². The van der Waals surface area contributed by atoms with Crippen molar-refractivity contribution in [3.05, 3.63) is 117 Å². The van der Waals surface area contributed by atoms with Crippen LogP contribution in [0.5, 0.6) is 0 Å². The molecule has 2 aliphatic rings. The van der Waals surface area contributed by atoms with Crippen molar-refractivity contribution in [3.63, 3.8) is 0 Å². The fraction of sp³-hybridized carbons (Fsp3) is 0.395. The molecule has 1 fully saturated rings. The molecule has 1 amide bonds. The van der Waals surface area contributed by atoms with Crippen molar-refractivity contribution in [1.82, 2.24) is 32.7 Å². The number of aryl methyl sites for hydroxylation is 2. The number of carbonyl (C=O) groups excluding carboxylic acids is 1. The van der Waals surface area contributed by atoms with Crippen molar-refractivity contribution in [1.29, 1.82) is 0 Å². The minimum absolute atomic E-state index is 0.0848. The summed E-state index contributed by atoms with van der Waals surface area (Å²) >= 11 is 12.2. The fourth-order valence-electron chi connectivity index (χ4n) is 7.88. The zero-order valence-electron chi connectivity index (χ0n) is 31.9. The maximum Gasteiger partial charge on any atom is 0.348 e. The van der Waals surface area contributed by atoms with Gasteiger partial charge in [0.15, 0.2) is 11.2 Å². The first-order valence-corrected chi connectivity index (χ1v) is 19.2. The van der Waals surface area contributed by atoms with Crippen LogP contribution in [-0.2, 0) is 42.7 Å². The number of amides is 1. The number of halogens is 4. The molecule has 2 aromatic carbocycles. The molecule has 3 aromatic heterocycles. The van der Waals surface area contributed by atoms with Gasteiger partial charge >= 0.3 is 17.3 Å². The van der Waals surface area contributed by atoms with Crippen LogP contribution in [0.15, 0.2) is 67.7 Å². The van der Waals surface area contributed by atoms with Crippen LogP contribution < -0.4 is 32.3 Å². The second kappa shape index (κ2) is 15.2. The summed E-state index contributed by atoms with van der Waals surface area (Å²) in [7, 11) is 3.07. The molecule has 0 radical (unpaired) electrons. The number of imidazole rings is 1. The van der Waals surface area contributed by atoms with Crippen LogP contribution in [0.3, 0.4) is 0 Å². The summed E-state index contributed by atoms with van der Waals surface area (Å²) in [6.45, 7) is 0.851. The Labute approximate surface area is 338 Å². The van der Waals surface area contributed by atoms with E-state index in [1.54, 1.807) is 69.4 Å². The lowest BCUT2D eigenvalue weighted by molar-refractivity contribution is -0.141. The van der Waals surface area contributed by atoms with Gasteiger partial charge in [-0.05, 0) is 41.8 Å². The number of fused-ring (bicyclic) bond motifs is 2. The highest BCUT2D eigenvalue weighted by Crippen LogP contribution is 2.41. The van der Waals surface area contributed by atoms with E-state index in [4.69, 9.17) is 23.2 Å². The Morgan fingerprint density at radius 1 is 0.879 bits per heavy atom. The maximum absolute atomic E-state index is 14.8. The summed E-state index contributed by atoms with van der Waals surface area (Å²) in [6, 6.07) is 12.7. The molecule has 2 atom stereocenters. The van der Waals surface area contributed by atoms with E-state index in [9.17, 15) is 42.7 Å². The molecule has 5 aromatic rings. The Kier molecular flexibility index (Phi) is 10.6. The molecule has 0 saturated carbocycles. The predicted molar refractivity (Wildman–Crippen MR) is 212 cm³/mol. The smallest absolute Gasteiger partial charge is 0.348 e. The number of hydrogen-bond donors (Lipinski definition) is 1. The first-order valence-electron chi connectivity index (χ1n) is 18.4.